The summed E-state index contributed by atoms with van der Waals surface area (Å²) in [5.41, 5.74) is -1.09. The van der Waals surface area contributed by atoms with Gasteiger partial charge in [0.1, 0.15) is 11.9 Å². The minimum Gasteiger partial charge on any atom is -0.477 e. The number of carbonyl (C=O) groups excluding carboxylic acids is 2. The number of likely N-dealkylation sites (tertiary alicyclic amines) is 1. The molecule has 4 aliphatic rings. The quantitative estimate of drug-likeness (QED) is 0.627. The highest BCUT2D eigenvalue weighted by atomic mass is 35.5. The molecule has 13 heteroatoms. The third-order valence-electron chi connectivity index (χ3n) is 6.80. The molecule has 2 amide bonds. The van der Waals surface area contributed by atoms with Crippen LogP contribution in [0.5, 0.6) is 0 Å². The van der Waals surface area contributed by atoms with Gasteiger partial charge in [-0.2, -0.15) is 13.2 Å². The van der Waals surface area contributed by atoms with Gasteiger partial charge in [0, 0.05) is 25.2 Å². The summed E-state index contributed by atoms with van der Waals surface area (Å²) in [7, 11) is 0. The number of alkyl halides is 3. The molecule has 170 valence electrons. The zero-order valence-electron chi connectivity index (χ0n) is 16.2. The Morgan fingerprint density at radius 3 is 2.56 bits per heavy atom. The number of halogens is 4. The van der Waals surface area contributed by atoms with Crippen LogP contribution in [0.2, 0.25) is 5.02 Å². The molecule has 1 aromatic rings. The highest BCUT2D eigenvalue weighted by molar-refractivity contribution is 6.37. The van der Waals surface area contributed by atoms with Crippen molar-refractivity contribution in [1.82, 2.24) is 9.88 Å². The molecule has 1 saturated heterocycles. The van der Waals surface area contributed by atoms with Crippen LogP contribution in [0.25, 0.3) is 0 Å². The summed E-state index contributed by atoms with van der Waals surface area (Å²) in [4.78, 5) is 47.5. The van der Waals surface area contributed by atoms with Crippen LogP contribution in [0.3, 0.4) is 0 Å². The van der Waals surface area contributed by atoms with Crippen molar-refractivity contribution >= 4 is 40.9 Å². The van der Waals surface area contributed by atoms with Crippen LogP contribution in [-0.4, -0.2) is 57.7 Å². The van der Waals surface area contributed by atoms with E-state index in [4.69, 9.17) is 16.4 Å². The van der Waals surface area contributed by atoms with E-state index in [0.29, 0.717) is 12.6 Å². The van der Waals surface area contributed by atoms with Gasteiger partial charge in [0.25, 0.3) is 0 Å². The number of amides is 2. The van der Waals surface area contributed by atoms with Gasteiger partial charge in [0.05, 0.1) is 28.3 Å². The van der Waals surface area contributed by atoms with Crippen LogP contribution in [0, 0.1) is 29.6 Å². The minimum absolute atomic E-state index is 0.00395. The van der Waals surface area contributed by atoms with Gasteiger partial charge in [-0.25, -0.2) is 9.78 Å². The van der Waals surface area contributed by atoms with Crippen molar-refractivity contribution in [2.45, 2.75) is 18.7 Å². The molecular weight excluding hydrogens is 457 g/mol. The number of anilines is 1. The molecule has 2 saturated carbocycles. The highest BCUT2D eigenvalue weighted by Crippen LogP contribution is 2.61. The van der Waals surface area contributed by atoms with Crippen LogP contribution in [0.4, 0.5) is 19.0 Å². The molecule has 2 aliphatic heterocycles. The molecule has 3 heterocycles. The van der Waals surface area contributed by atoms with E-state index >= 15 is 0 Å². The van der Waals surface area contributed by atoms with Crippen molar-refractivity contribution in [3.05, 3.63) is 22.8 Å². The van der Waals surface area contributed by atoms with E-state index in [1.54, 1.807) is 0 Å². The molecule has 0 unspecified atom stereocenters. The Hall–Kier alpha value is -2.89. The number of hydrogen-bond acceptors (Lipinski definition) is 7. The first-order chi connectivity index (χ1) is 15.1. The maximum atomic E-state index is 13.0. The fourth-order valence-corrected chi connectivity index (χ4v) is 5.83. The number of nitrogens with one attached hydrogen (secondary N) is 1. The molecular formula is C19H16ClF3N4O5. The average molecular weight is 473 g/mol. The van der Waals surface area contributed by atoms with Crippen molar-refractivity contribution in [3.8, 4) is 0 Å². The largest absolute Gasteiger partial charge is 0.477 e. The SMILES string of the molecule is O=C(O)C1=NO[C@@H]2[C@H]3C[C@@H]([C@H]12)[C@@H]1C(=O)N(CCNc2ncc(C(F)(F)F)cc2Cl)C(=O)[C@H]31. The number of carboxylic acid groups (broad SMARTS) is 1. The molecule has 0 radical (unpaired) electrons. The van der Waals surface area contributed by atoms with Crippen LogP contribution < -0.4 is 5.32 Å². The van der Waals surface area contributed by atoms with Gasteiger partial charge in [0.2, 0.25) is 11.8 Å². The number of carbonyl (C=O) groups is 3. The van der Waals surface area contributed by atoms with Crippen molar-refractivity contribution in [2.75, 3.05) is 18.4 Å². The molecule has 5 rings (SSSR count). The van der Waals surface area contributed by atoms with Gasteiger partial charge in [-0.05, 0) is 18.4 Å². The second kappa shape index (κ2) is 7.06. The smallest absolute Gasteiger partial charge is 0.417 e. The van der Waals surface area contributed by atoms with Gasteiger partial charge in [-0.15, -0.1) is 0 Å². The molecule has 2 N–H and O–H groups in total. The third-order valence-corrected chi connectivity index (χ3v) is 7.09. The van der Waals surface area contributed by atoms with Crippen molar-refractivity contribution < 1.29 is 37.5 Å². The van der Waals surface area contributed by atoms with Crippen LogP contribution in [0.1, 0.15) is 12.0 Å². The summed E-state index contributed by atoms with van der Waals surface area (Å²) in [6.45, 7) is 0.00867. The van der Waals surface area contributed by atoms with Crippen LogP contribution in [-0.2, 0) is 25.4 Å². The van der Waals surface area contributed by atoms with Crippen molar-refractivity contribution in [3.63, 3.8) is 0 Å². The van der Waals surface area contributed by atoms with E-state index in [2.05, 4.69) is 15.5 Å². The number of rotatable bonds is 5. The first-order valence-electron chi connectivity index (χ1n) is 9.88. The topological polar surface area (TPSA) is 121 Å². The molecule has 9 nitrogen and oxygen atoms in total. The summed E-state index contributed by atoms with van der Waals surface area (Å²) < 4.78 is 38.2. The highest BCUT2D eigenvalue weighted by Gasteiger charge is 2.70. The summed E-state index contributed by atoms with van der Waals surface area (Å²) >= 11 is 5.86. The zero-order chi connectivity index (χ0) is 22.9. The number of pyridine rings is 1. The van der Waals surface area contributed by atoms with E-state index in [0.717, 1.165) is 11.0 Å². The number of hydrogen-bond donors (Lipinski definition) is 2. The summed E-state index contributed by atoms with van der Waals surface area (Å²) in [6, 6.07) is 0.742. The Kier molecular flexibility index (Phi) is 4.63. The lowest BCUT2D eigenvalue weighted by Crippen LogP contribution is -2.42. The standard InChI is InChI=1S/C19H16ClF3N4O5/c20-9-3-6(19(21,22)23)5-25-15(9)24-1-2-27-16(28)10-7-4-8(11(10)17(27)29)14-12(7)13(18(30)31)26-32-14/h3,5,7-8,10-12,14H,1-2,4H2,(H,24,25)(H,30,31)/t7-,8+,10+,11-,12-,14-/m1/s1. The molecule has 3 fully saturated rings. The summed E-state index contributed by atoms with van der Waals surface area (Å²) in [5, 5.41) is 15.5. The van der Waals surface area contributed by atoms with Crippen LogP contribution >= 0.6 is 11.6 Å². The third kappa shape index (κ3) is 2.95. The fourth-order valence-electron chi connectivity index (χ4n) is 5.59. The van der Waals surface area contributed by atoms with Crippen LogP contribution in [0.15, 0.2) is 17.4 Å². The molecule has 0 aromatic carbocycles. The second-order valence-corrected chi connectivity index (χ2v) is 8.71. The maximum absolute atomic E-state index is 13.0. The van der Waals surface area contributed by atoms with Gasteiger partial charge in [-0.1, -0.05) is 16.8 Å². The van der Waals surface area contributed by atoms with E-state index in [9.17, 15) is 32.7 Å². The number of aromatic nitrogens is 1. The zero-order valence-corrected chi connectivity index (χ0v) is 16.9. The number of nitrogens with zero attached hydrogens (tertiary/aromatic N) is 3. The number of imide groups is 1. The molecule has 2 aliphatic carbocycles. The average Bonchev–Trinajstić information content (AvgIpc) is 3.44. The predicted molar refractivity (Wildman–Crippen MR) is 101 cm³/mol. The van der Waals surface area contributed by atoms with Crippen molar-refractivity contribution in [2.24, 2.45) is 34.7 Å². The molecule has 1 aromatic heterocycles. The molecule has 32 heavy (non-hydrogen) atoms. The number of carboxylic acids is 1. The Morgan fingerprint density at radius 2 is 1.94 bits per heavy atom. The Bertz CT molecular complexity index is 1060. The summed E-state index contributed by atoms with van der Waals surface area (Å²) in [5.74, 6) is -4.24. The maximum Gasteiger partial charge on any atom is 0.417 e. The van der Waals surface area contributed by atoms with E-state index < -0.39 is 41.6 Å². The Balaban J connectivity index is 1.26. The van der Waals surface area contributed by atoms with E-state index in [1.165, 1.54) is 0 Å². The lowest BCUT2D eigenvalue weighted by molar-refractivity contribution is -0.141. The normalized spacial score (nSPS) is 32.6. The monoisotopic (exact) mass is 472 g/mol. The number of fused-ring (bicyclic) bond motifs is 8. The van der Waals surface area contributed by atoms with E-state index in [-0.39, 0.29) is 53.3 Å². The van der Waals surface area contributed by atoms with Gasteiger partial charge in [0.15, 0.2) is 5.71 Å². The predicted octanol–water partition coefficient (Wildman–Crippen LogP) is 1.87. The Morgan fingerprint density at radius 1 is 1.25 bits per heavy atom. The first kappa shape index (κ1) is 21.0. The van der Waals surface area contributed by atoms with Crippen molar-refractivity contribution in [1.29, 1.82) is 0 Å². The van der Waals surface area contributed by atoms with Gasteiger partial charge in [-0.3, -0.25) is 14.5 Å². The van der Waals surface area contributed by atoms with Gasteiger partial charge < -0.3 is 15.3 Å². The van der Waals surface area contributed by atoms with Gasteiger partial charge >= 0.3 is 12.1 Å². The lowest BCUT2D eigenvalue weighted by Gasteiger charge is -2.29. The molecule has 2 bridgehead atoms. The Labute approximate surface area is 183 Å². The molecule has 0 spiro atoms. The number of aliphatic carboxylic acids is 1. The summed E-state index contributed by atoms with van der Waals surface area (Å²) in [6.07, 6.45) is -3.92. The minimum atomic E-state index is -4.58. The second-order valence-electron chi connectivity index (χ2n) is 8.30. The van der Waals surface area contributed by atoms with E-state index in [1.807, 2.05) is 0 Å². The number of oxime groups is 1. The first-order valence-corrected chi connectivity index (χ1v) is 10.3. The fraction of sp³-hybridized carbons (Fsp3) is 0.526. The lowest BCUT2D eigenvalue weighted by atomic mass is 9.72. The molecule has 6 atom stereocenters.